The Labute approximate surface area is 148 Å². The van der Waals surface area contributed by atoms with Gasteiger partial charge in [0.25, 0.3) is 5.91 Å². The fourth-order valence-electron chi connectivity index (χ4n) is 2.21. The molecule has 1 fully saturated rings. The molecule has 1 amide bonds. The van der Waals surface area contributed by atoms with Gasteiger partial charge in [-0.05, 0) is 36.4 Å². The van der Waals surface area contributed by atoms with Crippen molar-refractivity contribution >= 4 is 46.6 Å². The summed E-state index contributed by atoms with van der Waals surface area (Å²) in [7, 11) is 0. The molecule has 0 radical (unpaired) electrons. The van der Waals surface area contributed by atoms with Crippen LogP contribution in [0.2, 0.25) is 10.0 Å². The average Bonchev–Trinajstić information content (AvgIpc) is 3.05. The van der Waals surface area contributed by atoms with Crippen LogP contribution in [0, 0.1) is 0 Å². The van der Waals surface area contributed by atoms with Crippen LogP contribution in [-0.2, 0) is 0 Å². The summed E-state index contributed by atoms with van der Waals surface area (Å²) >= 11 is 13.9. The van der Waals surface area contributed by atoms with E-state index in [-0.39, 0.29) is 12.0 Å². The van der Waals surface area contributed by atoms with Gasteiger partial charge in [0.15, 0.2) is 0 Å². The SMILES string of the molecule is O=C(Nc1cccc(Cl)c1Cl)c1cccnc1OC1CCSC1. The molecule has 1 aromatic heterocycles. The van der Waals surface area contributed by atoms with Crippen molar-refractivity contribution in [2.45, 2.75) is 12.5 Å². The van der Waals surface area contributed by atoms with Crippen molar-refractivity contribution in [3.8, 4) is 5.88 Å². The molecule has 0 saturated carbocycles. The highest BCUT2D eigenvalue weighted by Crippen LogP contribution is 2.30. The molecule has 0 aliphatic carbocycles. The highest BCUT2D eigenvalue weighted by atomic mass is 35.5. The number of ether oxygens (including phenoxy) is 1. The van der Waals surface area contributed by atoms with Gasteiger partial charge >= 0.3 is 0 Å². The van der Waals surface area contributed by atoms with Crippen LogP contribution in [-0.4, -0.2) is 28.5 Å². The predicted octanol–water partition coefficient (Wildman–Crippen LogP) is 4.53. The molecule has 4 nitrogen and oxygen atoms in total. The van der Waals surface area contributed by atoms with Crippen LogP contribution < -0.4 is 10.1 Å². The largest absolute Gasteiger partial charge is 0.473 e. The molecule has 0 bridgehead atoms. The number of benzene rings is 1. The molecule has 120 valence electrons. The fourth-order valence-corrected chi connectivity index (χ4v) is 3.65. The normalized spacial score (nSPS) is 17.0. The molecule has 1 N–H and O–H groups in total. The number of nitrogens with one attached hydrogen (secondary N) is 1. The number of carbonyl (C=O) groups is 1. The third-order valence-corrected chi connectivity index (χ3v) is 5.33. The summed E-state index contributed by atoms with van der Waals surface area (Å²) in [5.74, 6) is 1.99. The van der Waals surface area contributed by atoms with Gasteiger partial charge in [-0.15, -0.1) is 0 Å². The van der Waals surface area contributed by atoms with Gasteiger partial charge < -0.3 is 10.1 Å². The predicted molar refractivity (Wildman–Crippen MR) is 95.0 cm³/mol. The maximum atomic E-state index is 12.5. The standard InChI is InChI=1S/C16H14Cl2N2O2S/c17-12-4-1-5-13(14(12)18)20-15(21)11-3-2-7-19-16(11)22-10-6-8-23-9-10/h1-5,7,10H,6,8-9H2,(H,20,21). The fraction of sp³-hybridized carbons (Fsp3) is 0.250. The van der Waals surface area contributed by atoms with E-state index in [1.54, 1.807) is 36.5 Å². The highest BCUT2D eigenvalue weighted by Gasteiger charge is 2.21. The number of nitrogens with zero attached hydrogens (tertiary/aromatic N) is 1. The van der Waals surface area contributed by atoms with Crippen LogP contribution in [0.25, 0.3) is 0 Å². The summed E-state index contributed by atoms with van der Waals surface area (Å²) < 4.78 is 5.87. The molecule has 0 spiro atoms. The number of carbonyl (C=O) groups excluding carboxylic acids is 1. The molecular formula is C16H14Cl2N2O2S. The molecule has 7 heteroatoms. The minimum Gasteiger partial charge on any atom is -0.473 e. The highest BCUT2D eigenvalue weighted by molar-refractivity contribution is 7.99. The monoisotopic (exact) mass is 368 g/mol. The first-order chi connectivity index (χ1) is 11.1. The Balaban J connectivity index is 1.80. The van der Waals surface area contributed by atoms with Gasteiger partial charge in [0.2, 0.25) is 5.88 Å². The van der Waals surface area contributed by atoms with Crippen molar-refractivity contribution < 1.29 is 9.53 Å². The number of hydrogen-bond acceptors (Lipinski definition) is 4. The molecule has 1 unspecified atom stereocenters. The van der Waals surface area contributed by atoms with Crippen LogP contribution >= 0.6 is 35.0 Å². The van der Waals surface area contributed by atoms with Crippen molar-refractivity contribution in [1.29, 1.82) is 0 Å². The van der Waals surface area contributed by atoms with Gasteiger partial charge in [-0.1, -0.05) is 29.3 Å². The van der Waals surface area contributed by atoms with Crippen molar-refractivity contribution in [2.75, 3.05) is 16.8 Å². The zero-order valence-electron chi connectivity index (χ0n) is 12.1. The van der Waals surface area contributed by atoms with E-state index in [9.17, 15) is 4.79 Å². The van der Waals surface area contributed by atoms with E-state index in [4.69, 9.17) is 27.9 Å². The number of anilines is 1. The molecule has 1 atom stereocenters. The number of halogens is 2. The zero-order chi connectivity index (χ0) is 16.2. The number of rotatable bonds is 4. The van der Waals surface area contributed by atoms with Crippen molar-refractivity contribution in [3.63, 3.8) is 0 Å². The Kier molecular flexibility index (Phi) is 5.30. The zero-order valence-corrected chi connectivity index (χ0v) is 14.4. The van der Waals surface area contributed by atoms with E-state index in [2.05, 4.69) is 10.3 Å². The molecule has 1 aliphatic rings. The van der Waals surface area contributed by atoms with Gasteiger partial charge in [-0.2, -0.15) is 11.8 Å². The van der Waals surface area contributed by atoms with Crippen LogP contribution in [0.4, 0.5) is 5.69 Å². The van der Waals surface area contributed by atoms with E-state index in [0.717, 1.165) is 17.9 Å². The van der Waals surface area contributed by atoms with E-state index >= 15 is 0 Å². The first-order valence-corrected chi connectivity index (χ1v) is 9.01. The minimum atomic E-state index is -0.331. The maximum Gasteiger partial charge on any atom is 0.261 e. The van der Waals surface area contributed by atoms with E-state index in [1.165, 1.54) is 0 Å². The van der Waals surface area contributed by atoms with Crippen molar-refractivity contribution in [2.24, 2.45) is 0 Å². The molecule has 1 aliphatic heterocycles. The van der Waals surface area contributed by atoms with Crippen LogP contribution in [0.1, 0.15) is 16.8 Å². The molecule has 1 aromatic carbocycles. The quantitative estimate of drug-likeness (QED) is 0.861. The van der Waals surface area contributed by atoms with Crippen LogP contribution in [0.5, 0.6) is 5.88 Å². The Hall–Kier alpha value is -1.43. The summed E-state index contributed by atoms with van der Waals surface area (Å²) in [4.78, 5) is 16.7. The first kappa shape index (κ1) is 16.4. The third-order valence-electron chi connectivity index (χ3n) is 3.38. The second-order valence-corrected chi connectivity index (χ2v) is 6.95. The summed E-state index contributed by atoms with van der Waals surface area (Å²) in [6, 6.07) is 8.45. The second kappa shape index (κ2) is 7.43. The Morgan fingerprint density at radius 2 is 2.17 bits per heavy atom. The molecule has 1 saturated heterocycles. The van der Waals surface area contributed by atoms with Gasteiger partial charge in [0, 0.05) is 11.9 Å². The molecule has 2 heterocycles. The number of pyridine rings is 1. The summed E-state index contributed by atoms with van der Waals surface area (Å²) in [6.07, 6.45) is 2.67. The van der Waals surface area contributed by atoms with Crippen molar-refractivity contribution in [3.05, 3.63) is 52.1 Å². The van der Waals surface area contributed by atoms with E-state index in [1.807, 2.05) is 11.8 Å². The number of hydrogen-bond donors (Lipinski definition) is 1. The first-order valence-electron chi connectivity index (χ1n) is 7.10. The minimum absolute atomic E-state index is 0.0937. The van der Waals surface area contributed by atoms with Crippen LogP contribution in [0.3, 0.4) is 0 Å². The Morgan fingerprint density at radius 3 is 2.96 bits per heavy atom. The Morgan fingerprint density at radius 1 is 1.30 bits per heavy atom. The molecular weight excluding hydrogens is 355 g/mol. The molecule has 23 heavy (non-hydrogen) atoms. The lowest BCUT2D eigenvalue weighted by molar-refractivity contribution is 0.101. The summed E-state index contributed by atoms with van der Waals surface area (Å²) in [5.41, 5.74) is 0.829. The van der Waals surface area contributed by atoms with Gasteiger partial charge in [0.05, 0.1) is 15.7 Å². The van der Waals surface area contributed by atoms with Gasteiger partial charge in [0.1, 0.15) is 11.7 Å². The third kappa shape index (κ3) is 3.91. The lowest BCUT2D eigenvalue weighted by Gasteiger charge is -2.15. The molecule has 3 rings (SSSR count). The van der Waals surface area contributed by atoms with Gasteiger partial charge in [-0.25, -0.2) is 4.98 Å². The number of amides is 1. The van der Waals surface area contributed by atoms with Crippen LogP contribution in [0.15, 0.2) is 36.5 Å². The topological polar surface area (TPSA) is 51.2 Å². The second-order valence-electron chi connectivity index (χ2n) is 5.02. The lowest BCUT2D eigenvalue weighted by atomic mass is 10.2. The van der Waals surface area contributed by atoms with E-state index in [0.29, 0.717) is 27.2 Å². The lowest BCUT2D eigenvalue weighted by Crippen LogP contribution is -2.20. The van der Waals surface area contributed by atoms with Gasteiger partial charge in [-0.3, -0.25) is 4.79 Å². The van der Waals surface area contributed by atoms with Crippen molar-refractivity contribution in [1.82, 2.24) is 4.98 Å². The summed E-state index contributed by atoms with van der Waals surface area (Å²) in [6.45, 7) is 0. The smallest absolute Gasteiger partial charge is 0.261 e. The average molecular weight is 369 g/mol. The number of thioether (sulfide) groups is 1. The maximum absolute atomic E-state index is 12.5. The van der Waals surface area contributed by atoms with E-state index < -0.39 is 0 Å². The molecule has 2 aromatic rings. The summed E-state index contributed by atoms with van der Waals surface area (Å²) in [5, 5.41) is 3.44. The number of aromatic nitrogens is 1. The Bertz CT molecular complexity index is 721.